The number of carbonyl (C=O) groups is 1. The van der Waals surface area contributed by atoms with Gasteiger partial charge in [0.25, 0.3) is 0 Å². The predicted molar refractivity (Wildman–Crippen MR) is 88.0 cm³/mol. The average Bonchev–Trinajstić information content (AvgIpc) is 3.05. The summed E-state index contributed by atoms with van der Waals surface area (Å²) in [6.45, 7) is -1.07. The molecule has 0 saturated carbocycles. The minimum absolute atomic E-state index is 0.0494. The first-order chi connectivity index (χ1) is 13.3. The first-order valence-electron chi connectivity index (χ1n) is 8.73. The third-order valence-electron chi connectivity index (χ3n) is 5.27. The fourth-order valence-electron chi connectivity index (χ4n) is 3.79. The molecule has 0 bridgehead atoms. The summed E-state index contributed by atoms with van der Waals surface area (Å²) in [5.41, 5.74) is 0.398. The van der Waals surface area contributed by atoms with Gasteiger partial charge < -0.3 is 49.6 Å². The number of fused-ring (bicyclic) bond motifs is 1. The number of esters is 1. The van der Waals surface area contributed by atoms with Crippen molar-refractivity contribution in [3.05, 3.63) is 23.5 Å². The summed E-state index contributed by atoms with van der Waals surface area (Å²) in [6, 6.07) is 0. The summed E-state index contributed by atoms with van der Waals surface area (Å²) in [4.78, 5) is 12.0. The molecule has 3 unspecified atom stereocenters. The summed E-state index contributed by atoms with van der Waals surface area (Å²) >= 11 is 0. The van der Waals surface area contributed by atoms with Gasteiger partial charge in [0.2, 0.25) is 6.29 Å². The van der Waals surface area contributed by atoms with Crippen molar-refractivity contribution < 1.29 is 54.4 Å². The van der Waals surface area contributed by atoms with Crippen LogP contribution < -0.4 is 0 Å². The van der Waals surface area contributed by atoms with Crippen LogP contribution in [0.25, 0.3) is 0 Å². The van der Waals surface area contributed by atoms with E-state index in [0.29, 0.717) is 5.57 Å². The van der Waals surface area contributed by atoms with E-state index >= 15 is 0 Å². The number of hydrogen-bond acceptors (Lipinski definition) is 11. The van der Waals surface area contributed by atoms with E-state index in [2.05, 4.69) is 0 Å². The van der Waals surface area contributed by atoms with Crippen LogP contribution in [0, 0.1) is 11.8 Å². The number of methoxy groups -OCH3 is 1. The van der Waals surface area contributed by atoms with Gasteiger partial charge >= 0.3 is 5.97 Å². The largest absolute Gasteiger partial charge is 0.471 e. The van der Waals surface area contributed by atoms with Gasteiger partial charge in [0.1, 0.15) is 24.4 Å². The molecule has 1 aliphatic carbocycles. The quantitative estimate of drug-likeness (QED) is 0.200. The molecule has 0 radical (unpaired) electrons. The summed E-state index contributed by atoms with van der Waals surface area (Å²) in [5.74, 6) is -2.34. The van der Waals surface area contributed by atoms with E-state index in [-0.39, 0.29) is 5.57 Å². The number of aliphatic hydroxyl groups is 6. The lowest BCUT2D eigenvalue weighted by Gasteiger charge is -2.43. The molecule has 2 heterocycles. The third kappa shape index (κ3) is 3.55. The molecule has 1 fully saturated rings. The summed E-state index contributed by atoms with van der Waals surface area (Å²) in [6.07, 6.45) is -7.36. The molecule has 6 N–H and O–H groups in total. The van der Waals surface area contributed by atoms with E-state index < -0.39 is 74.1 Å². The van der Waals surface area contributed by atoms with Gasteiger partial charge in [-0.3, -0.25) is 0 Å². The van der Waals surface area contributed by atoms with Crippen LogP contribution in [0.1, 0.15) is 0 Å². The van der Waals surface area contributed by atoms with Crippen molar-refractivity contribution in [3.8, 4) is 0 Å². The molecule has 9 atom stereocenters. The Kier molecular flexibility index (Phi) is 6.37. The fourth-order valence-corrected chi connectivity index (χ4v) is 3.79. The van der Waals surface area contributed by atoms with Crippen LogP contribution in [0.3, 0.4) is 0 Å². The maximum atomic E-state index is 12.0. The Balaban J connectivity index is 1.84. The number of carbonyl (C=O) groups excluding carboxylic acids is 1. The van der Waals surface area contributed by atoms with Gasteiger partial charge in [-0.2, -0.15) is 0 Å². The lowest BCUT2D eigenvalue weighted by atomic mass is 9.82. The standard InChI is InChI=1S/C17H24O11/c1-25-15(24)7-5-26-16(10-6(3-18)2-8(20)11(7)10)28-17-14(23)13(22)12(21)9(4-19)27-17/h2,5,8-14,16-23H,3-4H2,1H3/t8-,9+,10?,11?,12+,13-,14+,16?,17-/m0/s1. The molecule has 0 aromatic rings. The van der Waals surface area contributed by atoms with Crippen molar-refractivity contribution in [3.63, 3.8) is 0 Å². The Morgan fingerprint density at radius 2 is 1.79 bits per heavy atom. The van der Waals surface area contributed by atoms with Gasteiger partial charge in [0, 0.05) is 5.92 Å². The lowest BCUT2D eigenvalue weighted by Crippen LogP contribution is -2.60. The van der Waals surface area contributed by atoms with Gasteiger partial charge in [-0.15, -0.1) is 0 Å². The number of rotatable bonds is 5. The summed E-state index contributed by atoms with van der Waals surface area (Å²) in [7, 11) is 1.18. The summed E-state index contributed by atoms with van der Waals surface area (Å²) < 4.78 is 21.1. The molecule has 11 heteroatoms. The molecule has 0 aromatic carbocycles. The Bertz CT molecular complexity index is 645. The predicted octanol–water partition coefficient (Wildman–Crippen LogP) is -3.26. The van der Waals surface area contributed by atoms with Crippen LogP contribution in [0.2, 0.25) is 0 Å². The second kappa shape index (κ2) is 8.43. The van der Waals surface area contributed by atoms with E-state index in [9.17, 15) is 35.4 Å². The Morgan fingerprint density at radius 3 is 2.39 bits per heavy atom. The monoisotopic (exact) mass is 404 g/mol. The first kappa shape index (κ1) is 21.1. The zero-order chi connectivity index (χ0) is 20.6. The Labute approximate surface area is 160 Å². The maximum Gasteiger partial charge on any atom is 0.337 e. The molecule has 3 rings (SSSR count). The molecule has 11 nitrogen and oxygen atoms in total. The van der Waals surface area contributed by atoms with Crippen molar-refractivity contribution >= 4 is 5.97 Å². The first-order valence-corrected chi connectivity index (χ1v) is 8.73. The third-order valence-corrected chi connectivity index (χ3v) is 5.27. The second-order valence-electron chi connectivity index (χ2n) is 6.84. The van der Waals surface area contributed by atoms with Gasteiger partial charge in [0.05, 0.1) is 44.2 Å². The van der Waals surface area contributed by atoms with Crippen molar-refractivity contribution in [1.29, 1.82) is 0 Å². The lowest BCUT2D eigenvalue weighted by molar-refractivity contribution is -0.340. The zero-order valence-electron chi connectivity index (χ0n) is 15.0. The minimum Gasteiger partial charge on any atom is -0.471 e. The van der Waals surface area contributed by atoms with Crippen molar-refractivity contribution in [2.45, 2.75) is 43.1 Å². The number of ether oxygens (including phenoxy) is 4. The fraction of sp³-hybridized carbons (Fsp3) is 0.706. The normalized spacial score (nSPS) is 42.9. The molecule has 3 aliphatic rings. The van der Waals surface area contributed by atoms with Crippen LogP contribution in [0.4, 0.5) is 0 Å². The topological polar surface area (TPSA) is 175 Å². The molecule has 1 saturated heterocycles. The Hall–Kier alpha value is -1.57. The van der Waals surface area contributed by atoms with E-state index in [4.69, 9.17) is 18.9 Å². The molecule has 0 aromatic heterocycles. The van der Waals surface area contributed by atoms with Crippen LogP contribution >= 0.6 is 0 Å². The maximum absolute atomic E-state index is 12.0. The van der Waals surface area contributed by atoms with Gasteiger partial charge in [-0.05, 0) is 5.57 Å². The van der Waals surface area contributed by atoms with Crippen LogP contribution in [-0.2, 0) is 23.7 Å². The molecule has 2 aliphatic heterocycles. The van der Waals surface area contributed by atoms with Gasteiger partial charge in [-0.25, -0.2) is 4.79 Å². The van der Waals surface area contributed by atoms with E-state index in [1.807, 2.05) is 0 Å². The van der Waals surface area contributed by atoms with Gasteiger partial charge in [-0.1, -0.05) is 6.08 Å². The molecular formula is C17H24O11. The Morgan fingerprint density at radius 1 is 1.07 bits per heavy atom. The van der Waals surface area contributed by atoms with E-state index in [1.54, 1.807) is 0 Å². The molecule has 0 spiro atoms. The van der Waals surface area contributed by atoms with Crippen LogP contribution in [0.15, 0.2) is 23.5 Å². The molecule has 0 amide bonds. The van der Waals surface area contributed by atoms with Crippen LogP contribution in [0.5, 0.6) is 0 Å². The van der Waals surface area contributed by atoms with Crippen molar-refractivity contribution in [2.24, 2.45) is 11.8 Å². The smallest absolute Gasteiger partial charge is 0.337 e. The second-order valence-corrected chi connectivity index (χ2v) is 6.84. The highest BCUT2D eigenvalue weighted by atomic mass is 16.8. The average molecular weight is 404 g/mol. The highest BCUT2D eigenvalue weighted by Gasteiger charge is 2.52. The van der Waals surface area contributed by atoms with E-state index in [1.165, 1.54) is 13.2 Å². The summed E-state index contributed by atoms with van der Waals surface area (Å²) in [5, 5.41) is 59.1. The number of aliphatic hydroxyl groups excluding tert-OH is 6. The SMILES string of the molecule is COC(=O)C1=COC(O[C@@H]2O[C@H](CO)[C@@H](O)[C@H](O)[C@H]2O)C2C(CO)=C[C@H](O)C12. The highest BCUT2D eigenvalue weighted by Crippen LogP contribution is 2.44. The highest BCUT2D eigenvalue weighted by molar-refractivity contribution is 5.89. The minimum atomic E-state index is -1.65. The van der Waals surface area contributed by atoms with Crippen LogP contribution in [-0.4, -0.2) is 100 Å². The van der Waals surface area contributed by atoms with Gasteiger partial charge in [0.15, 0.2) is 6.29 Å². The molecule has 158 valence electrons. The van der Waals surface area contributed by atoms with E-state index in [0.717, 1.165) is 6.26 Å². The van der Waals surface area contributed by atoms with Crippen molar-refractivity contribution in [1.82, 2.24) is 0 Å². The molecular weight excluding hydrogens is 380 g/mol. The van der Waals surface area contributed by atoms with Crippen molar-refractivity contribution in [2.75, 3.05) is 20.3 Å². The zero-order valence-corrected chi connectivity index (χ0v) is 15.0. The number of hydrogen-bond donors (Lipinski definition) is 6. The molecule has 28 heavy (non-hydrogen) atoms.